The monoisotopic (exact) mass is 198 g/mol. The molecule has 0 heterocycles. The fourth-order valence-electron chi connectivity index (χ4n) is 1.45. The number of hydrogen-bond acceptors (Lipinski definition) is 0. The van der Waals surface area contributed by atoms with Gasteiger partial charge in [0.2, 0.25) is 0 Å². The summed E-state index contributed by atoms with van der Waals surface area (Å²) in [6.45, 7) is 9.43. The summed E-state index contributed by atoms with van der Waals surface area (Å²) in [5.74, 6) is 0. The molecule has 0 aliphatic rings. The van der Waals surface area contributed by atoms with Crippen LogP contribution >= 0.6 is 0 Å². The maximum Gasteiger partial charge on any atom is 0.0308 e. The molecule has 0 bridgehead atoms. The van der Waals surface area contributed by atoms with E-state index in [1.807, 2.05) is 0 Å². The quantitative estimate of drug-likeness (QED) is 0.420. The van der Waals surface area contributed by atoms with E-state index in [0.717, 1.165) is 0 Å². The van der Waals surface area contributed by atoms with Gasteiger partial charge in [-0.2, -0.15) is 0 Å². The molecule has 0 rings (SSSR count). The Labute approximate surface area is 86.0 Å². The third-order valence-electron chi connectivity index (χ3n) is 2.48. The van der Waals surface area contributed by atoms with Crippen molar-refractivity contribution in [3.05, 3.63) is 11.6 Å². The summed E-state index contributed by atoms with van der Waals surface area (Å²) >= 11 is 0. The molecule has 0 aromatic carbocycles. The lowest BCUT2D eigenvalue weighted by atomic mass is 10.1. The highest BCUT2D eigenvalue weighted by molar-refractivity contribution is 6.55. The van der Waals surface area contributed by atoms with Crippen LogP contribution in [0.3, 0.4) is 0 Å². The standard InChI is InChI=1S/C12H26Si/c1-5-7-9-12(6-2)10-8-11-13(3)4/h10,13H,5-9,11H2,1-4H3. The van der Waals surface area contributed by atoms with Crippen LogP contribution < -0.4 is 0 Å². The Morgan fingerprint density at radius 1 is 1.23 bits per heavy atom. The third kappa shape index (κ3) is 8.29. The zero-order chi connectivity index (χ0) is 10.1. The number of hydrogen-bond donors (Lipinski definition) is 0. The molecule has 13 heavy (non-hydrogen) atoms. The summed E-state index contributed by atoms with van der Waals surface area (Å²) in [6.07, 6.45) is 9.15. The molecule has 0 fully saturated rings. The van der Waals surface area contributed by atoms with Crippen molar-refractivity contribution in [1.29, 1.82) is 0 Å². The molecule has 0 aliphatic carbocycles. The predicted octanol–water partition coefficient (Wildman–Crippen LogP) is 4.39. The topological polar surface area (TPSA) is 0 Å². The first kappa shape index (κ1) is 13.0. The number of allylic oxidation sites excluding steroid dienone is 2. The molecule has 0 atom stereocenters. The van der Waals surface area contributed by atoms with Crippen molar-refractivity contribution in [2.45, 2.75) is 65.1 Å². The van der Waals surface area contributed by atoms with Crippen molar-refractivity contribution >= 4 is 8.80 Å². The van der Waals surface area contributed by atoms with Gasteiger partial charge in [0.15, 0.2) is 0 Å². The van der Waals surface area contributed by atoms with Crippen LogP contribution in [0.2, 0.25) is 19.1 Å². The van der Waals surface area contributed by atoms with Gasteiger partial charge in [-0.25, -0.2) is 0 Å². The van der Waals surface area contributed by atoms with Gasteiger partial charge in [-0.3, -0.25) is 0 Å². The molecule has 0 N–H and O–H groups in total. The number of rotatable bonds is 7. The molecule has 0 saturated heterocycles. The molecule has 0 nitrogen and oxygen atoms in total. The maximum atomic E-state index is 2.50. The third-order valence-corrected chi connectivity index (χ3v) is 3.97. The molecule has 0 aromatic heterocycles. The van der Waals surface area contributed by atoms with Crippen LogP contribution in [0.4, 0.5) is 0 Å². The Kier molecular flexibility index (Phi) is 8.52. The van der Waals surface area contributed by atoms with Gasteiger partial charge in [0.25, 0.3) is 0 Å². The molecule has 1 heteroatoms. The van der Waals surface area contributed by atoms with Crippen molar-refractivity contribution in [3.8, 4) is 0 Å². The molecule has 0 spiro atoms. The summed E-state index contributed by atoms with van der Waals surface area (Å²) in [6, 6.07) is 1.48. The molecule has 0 radical (unpaired) electrons. The number of unbranched alkanes of at least 4 members (excludes halogenated alkanes) is 1. The second-order valence-corrected chi connectivity index (χ2v) is 7.66. The largest absolute Gasteiger partial charge is 0.0856 e. The smallest absolute Gasteiger partial charge is 0.0308 e. The fraction of sp³-hybridized carbons (Fsp3) is 0.833. The van der Waals surface area contributed by atoms with Crippen LogP contribution in [0.25, 0.3) is 0 Å². The average molecular weight is 198 g/mol. The molecular weight excluding hydrogens is 172 g/mol. The first-order valence-corrected chi connectivity index (χ1v) is 9.01. The van der Waals surface area contributed by atoms with Crippen LogP contribution in [-0.2, 0) is 0 Å². The van der Waals surface area contributed by atoms with Crippen molar-refractivity contribution in [2.24, 2.45) is 0 Å². The van der Waals surface area contributed by atoms with E-state index in [1.54, 1.807) is 5.57 Å². The average Bonchev–Trinajstić information content (AvgIpc) is 2.10. The normalized spacial score (nSPS) is 12.5. The summed E-state index contributed by atoms with van der Waals surface area (Å²) < 4.78 is 0. The van der Waals surface area contributed by atoms with Crippen LogP contribution in [0.1, 0.15) is 46.0 Å². The van der Waals surface area contributed by atoms with Crippen molar-refractivity contribution in [2.75, 3.05) is 0 Å². The first-order chi connectivity index (χ1) is 6.20. The Morgan fingerprint density at radius 3 is 2.38 bits per heavy atom. The van der Waals surface area contributed by atoms with Gasteiger partial charge in [0, 0.05) is 8.80 Å². The zero-order valence-electron chi connectivity index (χ0n) is 9.90. The SMILES string of the molecule is CCCCC(=CCC[SiH](C)C)CC. The van der Waals surface area contributed by atoms with Gasteiger partial charge in [0.1, 0.15) is 0 Å². The highest BCUT2D eigenvalue weighted by atomic mass is 28.3. The van der Waals surface area contributed by atoms with Gasteiger partial charge < -0.3 is 0 Å². The van der Waals surface area contributed by atoms with Crippen LogP contribution in [0.15, 0.2) is 11.6 Å². The molecule has 0 aliphatic heterocycles. The Balaban J connectivity index is 3.64. The second-order valence-electron chi connectivity index (χ2n) is 4.29. The van der Waals surface area contributed by atoms with E-state index in [-0.39, 0.29) is 8.80 Å². The zero-order valence-corrected chi connectivity index (χ0v) is 11.1. The van der Waals surface area contributed by atoms with Gasteiger partial charge in [0.05, 0.1) is 0 Å². The Bertz CT molecular complexity index is 136. The minimum atomic E-state index is -0.312. The van der Waals surface area contributed by atoms with Gasteiger partial charge in [-0.05, 0) is 25.7 Å². The van der Waals surface area contributed by atoms with E-state index in [1.165, 1.54) is 38.1 Å². The van der Waals surface area contributed by atoms with E-state index in [4.69, 9.17) is 0 Å². The molecule has 0 aromatic rings. The van der Waals surface area contributed by atoms with Crippen LogP contribution in [0.5, 0.6) is 0 Å². The summed E-state index contributed by atoms with van der Waals surface area (Å²) in [5.41, 5.74) is 1.69. The molecule has 0 saturated carbocycles. The van der Waals surface area contributed by atoms with E-state index < -0.39 is 0 Å². The summed E-state index contributed by atoms with van der Waals surface area (Å²) in [5, 5.41) is 0. The van der Waals surface area contributed by atoms with Crippen molar-refractivity contribution in [3.63, 3.8) is 0 Å². The summed E-state index contributed by atoms with van der Waals surface area (Å²) in [4.78, 5) is 0. The van der Waals surface area contributed by atoms with E-state index in [9.17, 15) is 0 Å². The van der Waals surface area contributed by atoms with Crippen molar-refractivity contribution < 1.29 is 0 Å². The van der Waals surface area contributed by atoms with E-state index >= 15 is 0 Å². The van der Waals surface area contributed by atoms with Crippen LogP contribution in [-0.4, -0.2) is 8.80 Å². The Morgan fingerprint density at radius 2 is 1.92 bits per heavy atom. The predicted molar refractivity (Wildman–Crippen MR) is 66.2 cm³/mol. The summed E-state index contributed by atoms with van der Waals surface area (Å²) in [7, 11) is -0.312. The van der Waals surface area contributed by atoms with Gasteiger partial charge in [-0.15, -0.1) is 0 Å². The van der Waals surface area contributed by atoms with Crippen molar-refractivity contribution in [1.82, 2.24) is 0 Å². The molecule has 0 unspecified atom stereocenters. The highest BCUT2D eigenvalue weighted by Crippen LogP contribution is 2.13. The minimum absolute atomic E-state index is 0.312. The fourth-order valence-corrected chi connectivity index (χ4v) is 2.28. The maximum absolute atomic E-state index is 2.50. The first-order valence-electron chi connectivity index (χ1n) is 5.88. The molecule has 0 amide bonds. The highest BCUT2D eigenvalue weighted by Gasteiger charge is 1.96. The lowest BCUT2D eigenvalue weighted by molar-refractivity contribution is 0.762. The lowest BCUT2D eigenvalue weighted by Gasteiger charge is -2.04. The van der Waals surface area contributed by atoms with E-state index in [0.29, 0.717) is 0 Å². The second kappa shape index (κ2) is 8.55. The molecule has 78 valence electrons. The lowest BCUT2D eigenvalue weighted by Crippen LogP contribution is -1.97. The Hall–Kier alpha value is -0.0431. The molecular formula is C12H26Si. The van der Waals surface area contributed by atoms with Gasteiger partial charge in [-0.1, -0.05) is 51.1 Å². The van der Waals surface area contributed by atoms with E-state index in [2.05, 4.69) is 33.0 Å². The van der Waals surface area contributed by atoms with Crippen LogP contribution in [0, 0.1) is 0 Å². The van der Waals surface area contributed by atoms with Gasteiger partial charge >= 0.3 is 0 Å². The minimum Gasteiger partial charge on any atom is -0.0856 e.